The lowest BCUT2D eigenvalue weighted by Gasteiger charge is -2.13. The summed E-state index contributed by atoms with van der Waals surface area (Å²) in [5.74, 6) is 4.57. The van der Waals surface area contributed by atoms with Gasteiger partial charge >= 0.3 is 5.97 Å². The molecule has 0 unspecified atom stereocenters. The Morgan fingerprint density at radius 2 is 1.53 bits per heavy atom. The molecule has 0 radical (unpaired) electrons. The quantitative estimate of drug-likeness (QED) is 0.476. The average Bonchev–Trinajstić information content (AvgIpc) is 2.77. The fraction of sp³-hybridized carbons (Fsp3) is 0.0833. The molecule has 0 bridgehead atoms. The summed E-state index contributed by atoms with van der Waals surface area (Å²) in [7, 11) is 0. The minimum Gasteiger partial charge on any atom is -0.478 e. The van der Waals surface area contributed by atoms with E-state index in [1.165, 1.54) is 6.07 Å². The molecule has 6 heteroatoms. The molecule has 0 aliphatic heterocycles. The van der Waals surface area contributed by atoms with Crippen LogP contribution in [0.3, 0.4) is 0 Å². The van der Waals surface area contributed by atoms with Crippen LogP contribution in [0, 0.1) is 11.8 Å². The van der Waals surface area contributed by atoms with E-state index in [0.717, 1.165) is 5.56 Å². The standard InChI is InChI=1S/C24H21N3O3/c25-14-15-26-21-13-12-18(11-10-17-6-2-1-3-7-17)16-20(21)23(28)27-22-9-5-4-8-19(22)24(29)30/h1-9,12-13,16,26H,14-15,25H2,(H,27,28)(H,29,30). The van der Waals surface area contributed by atoms with Crippen LogP contribution in [0.25, 0.3) is 0 Å². The van der Waals surface area contributed by atoms with Crippen LogP contribution in [0.4, 0.5) is 11.4 Å². The number of benzene rings is 3. The van der Waals surface area contributed by atoms with Crippen molar-refractivity contribution in [1.29, 1.82) is 0 Å². The van der Waals surface area contributed by atoms with Crippen molar-refractivity contribution in [3.63, 3.8) is 0 Å². The van der Waals surface area contributed by atoms with Crippen LogP contribution in [0.1, 0.15) is 31.8 Å². The average molecular weight is 399 g/mol. The van der Waals surface area contributed by atoms with Crippen molar-refractivity contribution in [2.24, 2.45) is 5.73 Å². The van der Waals surface area contributed by atoms with E-state index in [0.29, 0.717) is 29.9 Å². The topological polar surface area (TPSA) is 104 Å². The Labute approximate surface area is 174 Å². The number of carboxylic acids is 1. The van der Waals surface area contributed by atoms with Crippen LogP contribution in [0.15, 0.2) is 72.8 Å². The molecule has 1 amide bonds. The van der Waals surface area contributed by atoms with E-state index >= 15 is 0 Å². The fourth-order valence-corrected chi connectivity index (χ4v) is 2.80. The van der Waals surface area contributed by atoms with E-state index in [1.807, 2.05) is 36.4 Å². The molecule has 5 N–H and O–H groups in total. The molecule has 3 aromatic carbocycles. The molecule has 0 fully saturated rings. The highest BCUT2D eigenvalue weighted by atomic mass is 16.4. The van der Waals surface area contributed by atoms with Gasteiger partial charge in [0.15, 0.2) is 0 Å². The first-order chi connectivity index (χ1) is 14.6. The maximum absolute atomic E-state index is 13.0. The summed E-state index contributed by atoms with van der Waals surface area (Å²) in [6, 6.07) is 21.0. The summed E-state index contributed by atoms with van der Waals surface area (Å²) < 4.78 is 0. The third-order valence-electron chi connectivity index (χ3n) is 4.25. The minimum atomic E-state index is -1.12. The van der Waals surface area contributed by atoms with Crippen LogP contribution in [-0.2, 0) is 0 Å². The number of hydrogen-bond acceptors (Lipinski definition) is 4. The molecule has 150 valence electrons. The number of anilines is 2. The van der Waals surface area contributed by atoms with Crippen molar-refractivity contribution in [3.8, 4) is 11.8 Å². The summed E-state index contributed by atoms with van der Waals surface area (Å²) in [6.45, 7) is 0.888. The van der Waals surface area contributed by atoms with Crippen LogP contribution in [0.2, 0.25) is 0 Å². The lowest BCUT2D eigenvalue weighted by atomic mass is 10.1. The van der Waals surface area contributed by atoms with Gasteiger partial charge in [-0.1, -0.05) is 42.2 Å². The molecular weight excluding hydrogens is 378 g/mol. The van der Waals surface area contributed by atoms with Gasteiger partial charge < -0.3 is 21.5 Å². The Hall–Kier alpha value is -4.08. The Balaban J connectivity index is 1.93. The predicted molar refractivity (Wildman–Crippen MR) is 118 cm³/mol. The molecule has 0 aromatic heterocycles. The summed E-state index contributed by atoms with van der Waals surface area (Å²) >= 11 is 0. The van der Waals surface area contributed by atoms with E-state index in [9.17, 15) is 14.7 Å². The van der Waals surface area contributed by atoms with Crippen molar-refractivity contribution >= 4 is 23.3 Å². The van der Waals surface area contributed by atoms with Gasteiger partial charge in [0.05, 0.1) is 16.8 Å². The number of nitrogens with one attached hydrogen (secondary N) is 2. The molecule has 0 atom stereocenters. The van der Waals surface area contributed by atoms with Crippen LogP contribution >= 0.6 is 0 Å². The number of nitrogens with two attached hydrogens (primary N) is 1. The SMILES string of the molecule is NCCNc1ccc(C#Cc2ccccc2)cc1C(=O)Nc1ccccc1C(=O)O. The highest BCUT2D eigenvalue weighted by Gasteiger charge is 2.16. The highest BCUT2D eigenvalue weighted by molar-refractivity contribution is 6.10. The number of rotatable bonds is 6. The second-order valence-electron chi connectivity index (χ2n) is 6.40. The summed E-state index contributed by atoms with van der Waals surface area (Å²) in [4.78, 5) is 24.4. The predicted octanol–water partition coefficient (Wildman–Crippen LogP) is 3.41. The number of hydrogen-bond donors (Lipinski definition) is 4. The number of carboxylic acid groups (broad SMARTS) is 1. The maximum Gasteiger partial charge on any atom is 0.337 e. The van der Waals surface area contributed by atoms with Crippen molar-refractivity contribution < 1.29 is 14.7 Å². The molecule has 0 aliphatic carbocycles. The first-order valence-electron chi connectivity index (χ1n) is 9.37. The van der Waals surface area contributed by atoms with Gasteiger partial charge in [0.1, 0.15) is 0 Å². The van der Waals surface area contributed by atoms with Gasteiger partial charge in [-0.3, -0.25) is 4.79 Å². The van der Waals surface area contributed by atoms with E-state index in [4.69, 9.17) is 5.73 Å². The van der Waals surface area contributed by atoms with Crippen LogP contribution in [0.5, 0.6) is 0 Å². The number of carbonyl (C=O) groups excluding carboxylic acids is 1. The van der Waals surface area contributed by atoms with Crippen LogP contribution < -0.4 is 16.4 Å². The van der Waals surface area contributed by atoms with E-state index in [-0.39, 0.29) is 11.3 Å². The smallest absolute Gasteiger partial charge is 0.337 e. The minimum absolute atomic E-state index is 0.0161. The molecule has 3 rings (SSSR count). The summed E-state index contributed by atoms with van der Waals surface area (Å²) in [5.41, 5.74) is 8.28. The second-order valence-corrected chi connectivity index (χ2v) is 6.40. The molecule has 0 spiro atoms. The van der Waals surface area contributed by atoms with Crippen molar-refractivity contribution in [2.45, 2.75) is 0 Å². The first kappa shape index (κ1) is 20.6. The molecular formula is C24H21N3O3. The Bertz CT molecular complexity index is 1120. The lowest BCUT2D eigenvalue weighted by Crippen LogP contribution is -2.19. The van der Waals surface area contributed by atoms with Gasteiger partial charge in [0.25, 0.3) is 5.91 Å². The Morgan fingerprint density at radius 3 is 2.27 bits per heavy atom. The van der Waals surface area contributed by atoms with Crippen LogP contribution in [-0.4, -0.2) is 30.1 Å². The zero-order valence-electron chi connectivity index (χ0n) is 16.2. The molecule has 0 heterocycles. The number of para-hydroxylation sites is 1. The summed E-state index contributed by atoms with van der Waals surface area (Å²) in [6.07, 6.45) is 0. The largest absolute Gasteiger partial charge is 0.478 e. The van der Waals surface area contributed by atoms with Gasteiger partial charge in [-0.05, 0) is 42.5 Å². The zero-order chi connectivity index (χ0) is 21.3. The van der Waals surface area contributed by atoms with Gasteiger partial charge in [-0.2, -0.15) is 0 Å². The number of aromatic carboxylic acids is 1. The van der Waals surface area contributed by atoms with Gasteiger partial charge in [-0.25, -0.2) is 4.79 Å². The maximum atomic E-state index is 13.0. The lowest BCUT2D eigenvalue weighted by molar-refractivity contribution is 0.0698. The van der Waals surface area contributed by atoms with Gasteiger partial charge in [0.2, 0.25) is 0 Å². The molecule has 3 aromatic rings. The monoisotopic (exact) mass is 399 g/mol. The van der Waals surface area contributed by atoms with Gasteiger partial charge in [-0.15, -0.1) is 0 Å². The molecule has 0 saturated heterocycles. The third kappa shape index (κ3) is 5.25. The van der Waals surface area contributed by atoms with E-state index in [1.54, 1.807) is 30.3 Å². The van der Waals surface area contributed by atoms with Crippen molar-refractivity contribution in [3.05, 3.63) is 95.1 Å². The molecule has 6 nitrogen and oxygen atoms in total. The number of amides is 1. The van der Waals surface area contributed by atoms with Gasteiger partial charge in [0, 0.05) is 29.9 Å². The van der Waals surface area contributed by atoms with Crippen molar-refractivity contribution in [2.75, 3.05) is 23.7 Å². The zero-order valence-corrected chi connectivity index (χ0v) is 16.2. The Kier molecular flexibility index (Phi) is 6.83. The fourth-order valence-electron chi connectivity index (χ4n) is 2.80. The molecule has 0 saturated carbocycles. The van der Waals surface area contributed by atoms with Crippen molar-refractivity contribution in [1.82, 2.24) is 0 Å². The summed E-state index contributed by atoms with van der Waals surface area (Å²) in [5, 5.41) is 15.2. The third-order valence-corrected chi connectivity index (χ3v) is 4.25. The number of carbonyl (C=O) groups is 2. The molecule has 0 aliphatic rings. The van der Waals surface area contributed by atoms with E-state index in [2.05, 4.69) is 22.5 Å². The molecule has 30 heavy (non-hydrogen) atoms. The van der Waals surface area contributed by atoms with E-state index < -0.39 is 11.9 Å². The second kappa shape index (κ2) is 9.92. The highest BCUT2D eigenvalue weighted by Crippen LogP contribution is 2.21. The first-order valence-corrected chi connectivity index (χ1v) is 9.37. The normalized spacial score (nSPS) is 9.90. The Morgan fingerprint density at radius 1 is 0.833 bits per heavy atom.